The number of rotatable bonds is 4. The average Bonchev–Trinajstić information content (AvgIpc) is 3.48. The standard InChI is InChI=1S/C21H23N3O3S.CH2O2/c1-23-10-3-4-17(23)12-16-14-24(19-5-2-9-22-21(16)19)28(25,26)18-7-6-15-8-11-27-20(15)13-18;2-1-3/h2,5-7,9,13-14,17H,3-4,8,10-12H2,1H3;1H,(H,2,3)/t17-;/m1./s1. The van der Waals surface area contributed by atoms with E-state index in [1.165, 1.54) is 10.4 Å². The summed E-state index contributed by atoms with van der Waals surface area (Å²) < 4.78 is 33.8. The van der Waals surface area contributed by atoms with E-state index in [4.69, 9.17) is 14.6 Å². The van der Waals surface area contributed by atoms with Crippen molar-refractivity contribution >= 4 is 27.5 Å². The van der Waals surface area contributed by atoms with E-state index in [-0.39, 0.29) is 11.4 Å². The van der Waals surface area contributed by atoms with Crippen LogP contribution < -0.4 is 4.74 Å². The third-order valence-electron chi connectivity index (χ3n) is 5.95. The molecule has 4 heterocycles. The summed E-state index contributed by atoms with van der Waals surface area (Å²) in [7, 11) is -1.60. The van der Waals surface area contributed by atoms with Crippen LogP contribution in [-0.4, -0.2) is 60.1 Å². The highest BCUT2D eigenvalue weighted by molar-refractivity contribution is 7.90. The second kappa shape index (κ2) is 8.68. The van der Waals surface area contributed by atoms with Gasteiger partial charge >= 0.3 is 0 Å². The molecule has 2 aliphatic rings. The smallest absolute Gasteiger partial charge is 0.290 e. The Morgan fingerprint density at radius 1 is 1.32 bits per heavy atom. The fraction of sp³-hybridized carbons (Fsp3) is 0.364. The largest absolute Gasteiger partial charge is 0.493 e. The lowest BCUT2D eigenvalue weighted by Crippen LogP contribution is -2.26. The SMILES string of the molecule is CN1CCC[C@@H]1Cc1cn(S(=O)(=O)c2ccc3c(c2)OCC3)c2cccnc12.O=CO. The van der Waals surface area contributed by atoms with Gasteiger partial charge in [-0.25, -0.2) is 12.4 Å². The van der Waals surface area contributed by atoms with Gasteiger partial charge in [0.1, 0.15) is 5.75 Å². The molecule has 1 atom stereocenters. The minimum absolute atomic E-state index is 0.249. The minimum Gasteiger partial charge on any atom is -0.493 e. The third kappa shape index (κ3) is 4.03. The molecule has 0 radical (unpaired) electrons. The Morgan fingerprint density at radius 2 is 2.13 bits per heavy atom. The number of hydrogen-bond acceptors (Lipinski definition) is 6. The Labute approximate surface area is 181 Å². The van der Waals surface area contributed by atoms with E-state index >= 15 is 0 Å². The number of likely N-dealkylation sites (tertiary alicyclic amines) is 1. The second-order valence-corrected chi connectivity index (χ2v) is 9.60. The van der Waals surface area contributed by atoms with Crippen LogP contribution in [0.4, 0.5) is 0 Å². The lowest BCUT2D eigenvalue weighted by molar-refractivity contribution is -0.122. The average molecular weight is 444 g/mol. The van der Waals surface area contributed by atoms with E-state index in [9.17, 15) is 8.42 Å². The van der Waals surface area contributed by atoms with Gasteiger partial charge in [-0.15, -0.1) is 0 Å². The van der Waals surface area contributed by atoms with Crippen molar-refractivity contribution in [3.63, 3.8) is 0 Å². The first-order valence-electron chi connectivity index (χ1n) is 10.2. The maximum absolute atomic E-state index is 13.4. The summed E-state index contributed by atoms with van der Waals surface area (Å²) >= 11 is 0. The van der Waals surface area contributed by atoms with Crippen molar-refractivity contribution < 1.29 is 23.1 Å². The number of likely N-dealkylation sites (N-methyl/N-ethyl adjacent to an activating group) is 1. The second-order valence-electron chi connectivity index (χ2n) is 7.78. The van der Waals surface area contributed by atoms with Crippen LogP contribution in [0.15, 0.2) is 47.6 Å². The fourth-order valence-electron chi connectivity index (χ4n) is 4.35. The van der Waals surface area contributed by atoms with Gasteiger partial charge in [0.15, 0.2) is 0 Å². The van der Waals surface area contributed by atoms with E-state index in [1.807, 2.05) is 12.1 Å². The van der Waals surface area contributed by atoms with Crippen molar-refractivity contribution in [3.8, 4) is 5.75 Å². The molecule has 0 amide bonds. The Morgan fingerprint density at radius 3 is 2.87 bits per heavy atom. The zero-order chi connectivity index (χ0) is 22.0. The van der Waals surface area contributed by atoms with Crippen LogP contribution in [0.2, 0.25) is 0 Å². The summed E-state index contributed by atoms with van der Waals surface area (Å²) in [6.07, 6.45) is 7.42. The number of pyridine rings is 1. The number of benzene rings is 1. The highest BCUT2D eigenvalue weighted by Crippen LogP contribution is 2.32. The predicted octanol–water partition coefficient (Wildman–Crippen LogP) is 2.55. The molecule has 2 aromatic heterocycles. The van der Waals surface area contributed by atoms with Crippen LogP contribution in [0.1, 0.15) is 24.0 Å². The lowest BCUT2D eigenvalue weighted by atomic mass is 10.1. The number of hydrogen-bond donors (Lipinski definition) is 1. The van der Waals surface area contributed by atoms with E-state index in [0.29, 0.717) is 23.9 Å². The normalized spacial score (nSPS) is 18.3. The molecule has 0 bridgehead atoms. The van der Waals surface area contributed by atoms with Gasteiger partial charge in [0.25, 0.3) is 16.5 Å². The molecule has 0 saturated carbocycles. The zero-order valence-electron chi connectivity index (χ0n) is 17.3. The van der Waals surface area contributed by atoms with E-state index in [1.54, 1.807) is 30.6 Å². The summed E-state index contributed by atoms with van der Waals surface area (Å²) in [6, 6.07) is 9.21. The maximum Gasteiger partial charge on any atom is 0.290 e. The molecule has 1 saturated heterocycles. The van der Waals surface area contributed by atoms with Crippen LogP contribution in [0.25, 0.3) is 11.0 Å². The topological polar surface area (TPSA) is 102 Å². The number of fused-ring (bicyclic) bond motifs is 2. The van der Waals surface area contributed by atoms with Gasteiger partial charge in [-0.1, -0.05) is 6.07 Å². The Bertz CT molecular complexity index is 1210. The molecule has 0 spiro atoms. The number of carbonyl (C=O) groups is 1. The van der Waals surface area contributed by atoms with Gasteiger partial charge < -0.3 is 14.7 Å². The first-order valence-corrected chi connectivity index (χ1v) is 11.6. The van der Waals surface area contributed by atoms with Gasteiger partial charge in [0.05, 0.1) is 22.5 Å². The minimum atomic E-state index is -3.73. The van der Waals surface area contributed by atoms with Gasteiger partial charge in [-0.2, -0.15) is 0 Å². The molecule has 0 aliphatic carbocycles. The van der Waals surface area contributed by atoms with Gasteiger partial charge in [0, 0.05) is 30.9 Å². The quantitative estimate of drug-likeness (QED) is 0.618. The molecular formula is C22H25N3O5S. The van der Waals surface area contributed by atoms with Crippen LogP contribution in [0, 0.1) is 0 Å². The van der Waals surface area contributed by atoms with Gasteiger partial charge in [0.2, 0.25) is 0 Å². The van der Waals surface area contributed by atoms with Crippen LogP contribution in [0.3, 0.4) is 0 Å². The maximum atomic E-state index is 13.4. The summed E-state index contributed by atoms with van der Waals surface area (Å²) in [6.45, 7) is 1.44. The van der Waals surface area contributed by atoms with E-state index in [2.05, 4.69) is 16.9 Å². The lowest BCUT2D eigenvalue weighted by Gasteiger charge is -2.18. The van der Waals surface area contributed by atoms with Gasteiger partial charge in [-0.3, -0.25) is 9.78 Å². The molecule has 0 unspecified atom stereocenters. The Balaban J connectivity index is 0.000000730. The predicted molar refractivity (Wildman–Crippen MR) is 116 cm³/mol. The number of ether oxygens (including phenoxy) is 1. The summed E-state index contributed by atoms with van der Waals surface area (Å²) in [4.78, 5) is 15.5. The molecule has 164 valence electrons. The highest BCUT2D eigenvalue weighted by atomic mass is 32.2. The van der Waals surface area contributed by atoms with Crippen molar-refractivity contribution in [3.05, 3.63) is 53.9 Å². The highest BCUT2D eigenvalue weighted by Gasteiger charge is 2.27. The Hall–Kier alpha value is -2.91. The van der Waals surface area contributed by atoms with E-state index < -0.39 is 10.0 Å². The molecule has 2 aliphatic heterocycles. The summed E-state index contributed by atoms with van der Waals surface area (Å²) in [5.41, 5.74) is 3.43. The molecule has 31 heavy (non-hydrogen) atoms. The van der Waals surface area contributed by atoms with Crippen LogP contribution in [-0.2, 0) is 27.7 Å². The van der Waals surface area contributed by atoms with Crippen LogP contribution in [0.5, 0.6) is 5.75 Å². The number of nitrogens with zero attached hydrogens (tertiary/aromatic N) is 3. The van der Waals surface area contributed by atoms with Crippen molar-refractivity contribution in [1.82, 2.24) is 13.9 Å². The molecule has 8 nitrogen and oxygen atoms in total. The molecule has 1 N–H and O–H groups in total. The van der Waals surface area contributed by atoms with Crippen LogP contribution >= 0.6 is 0 Å². The van der Waals surface area contributed by atoms with Gasteiger partial charge in [-0.05, 0) is 62.2 Å². The van der Waals surface area contributed by atoms with Crippen molar-refractivity contribution in [2.75, 3.05) is 20.2 Å². The molecule has 5 rings (SSSR count). The molecule has 1 fully saturated rings. The third-order valence-corrected chi connectivity index (χ3v) is 7.62. The van der Waals surface area contributed by atoms with Crippen molar-refractivity contribution in [2.45, 2.75) is 36.6 Å². The summed E-state index contributed by atoms with van der Waals surface area (Å²) in [5.74, 6) is 0.670. The van der Waals surface area contributed by atoms with Crippen molar-refractivity contribution in [2.24, 2.45) is 0 Å². The summed E-state index contributed by atoms with van der Waals surface area (Å²) in [5, 5.41) is 6.89. The molecular weight excluding hydrogens is 418 g/mol. The number of aromatic nitrogens is 2. The number of carboxylic acid groups (broad SMARTS) is 1. The first-order chi connectivity index (χ1) is 15.0. The first kappa shape index (κ1) is 21.3. The fourth-order valence-corrected chi connectivity index (χ4v) is 5.75. The Kier molecular flexibility index (Phi) is 5.97. The monoisotopic (exact) mass is 443 g/mol. The molecule has 9 heteroatoms. The molecule has 1 aromatic carbocycles. The van der Waals surface area contributed by atoms with E-state index in [0.717, 1.165) is 42.5 Å². The van der Waals surface area contributed by atoms with Crippen molar-refractivity contribution in [1.29, 1.82) is 0 Å². The molecule has 3 aromatic rings. The zero-order valence-corrected chi connectivity index (χ0v) is 18.1.